The second-order valence-corrected chi connectivity index (χ2v) is 5.63. The van der Waals surface area contributed by atoms with Crippen LogP contribution in [0.2, 0.25) is 0 Å². The first kappa shape index (κ1) is 17.9. The fraction of sp³-hybridized carbons (Fsp3) is 0.350. The highest BCUT2D eigenvalue weighted by molar-refractivity contribution is 5.91. The number of benzene rings is 2. The number of rotatable bonds is 7. The number of hydrogen-bond donors (Lipinski definition) is 1. The van der Waals surface area contributed by atoms with Gasteiger partial charge in [0, 0.05) is 6.42 Å². The Labute approximate surface area is 143 Å². The topological polar surface area (TPSA) is 47.6 Å². The Kier molecular flexibility index (Phi) is 6.24. The molecule has 24 heavy (non-hydrogen) atoms. The van der Waals surface area contributed by atoms with Crippen molar-refractivity contribution in [1.82, 2.24) is 0 Å². The smallest absolute Gasteiger partial charge is 0.224 e. The van der Waals surface area contributed by atoms with Crippen molar-refractivity contribution in [3.63, 3.8) is 0 Å². The fourth-order valence-electron chi connectivity index (χ4n) is 2.50. The summed E-state index contributed by atoms with van der Waals surface area (Å²) in [6, 6.07) is 11.8. The van der Waals surface area contributed by atoms with Crippen LogP contribution >= 0.6 is 0 Å². The minimum atomic E-state index is -0.0343. The van der Waals surface area contributed by atoms with Gasteiger partial charge in [-0.1, -0.05) is 32.0 Å². The predicted molar refractivity (Wildman–Crippen MR) is 96.8 cm³/mol. The number of nitrogens with one attached hydrogen (secondary N) is 1. The Morgan fingerprint density at radius 1 is 1.12 bits per heavy atom. The molecule has 0 aliphatic heterocycles. The van der Waals surface area contributed by atoms with E-state index in [9.17, 15) is 4.79 Å². The zero-order valence-corrected chi connectivity index (χ0v) is 14.8. The first-order valence-electron chi connectivity index (χ1n) is 8.27. The number of anilines is 1. The fourth-order valence-corrected chi connectivity index (χ4v) is 2.50. The van der Waals surface area contributed by atoms with Gasteiger partial charge >= 0.3 is 0 Å². The normalized spacial score (nSPS) is 10.3. The molecule has 4 heteroatoms. The van der Waals surface area contributed by atoms with E-state index in [2.05, 4.69) is 24.4 Å². The first-order chi connectivity index (χ1) is 11.6. The van der Waals surface area contributed by atoms with Gasteiger partial charge in [0.25, 0.3) is 0 Å². The van der Waals surface area contributed by atoms with Gasteiger partial charge in [-0.2, -0.15) is 0 Å². The van der Waals surface area contributed by atoms with Crippen LogP contribution in [0, 0.1) is 6.92 Å². The van der Waals surface area contributed by atoms with Crippen LogP contribution < -0.4 is 14.8 Å². The zero-order chi connectivity index (χ0) is 17.5. The van der Waals surface area contributed by atoms with Crippen molar-refractivity contribution in [3.8, 4) is 11.5 Å². The number of amides is 1. The molecule has 0 heterocycles. The summed E-state index contributed by atoms with van der Waals surface area (Å²) >= 11 is 0. The van der Waals surface area contributed by atoms with E-state index >= 15 is 0 Å². The molecule has 4 nitrogen and oxygen atoms in total. The molecule has 128 valence electrons. The van der Waals surface area contributed by atoms with Gasteiger partial charge in [-0.25, -0.2) is 0 Å². The average molecular weight is 327 g/mol. The highest BCUT2D eigenvalue weighted by atomic mass is 16.5. The Hall–Kier alpha value is -2.49. The summed E-state index contributed by atoms with van der Waals surface area (Å²) in [5.74, 6) is 1.51. The van der Waals surface area contributed by atoms with E-state index < -0.39 is 0 Å². The molecule has 2 rings (SSSR count). The predicted octanol–water partition coefficient (Wildman–Crippen LogP) is 4.49. The average Bonchev–Trinajstić information content (AvgIpc) is 2.60. The second-order valence-electron chi connectivity index (χ2n) is 5.63. The molecule has 1 N–H and O–H groups in total. The minimum absolute atomic E-state index is 0.0343. The molecule has 0 aliphatic carbocycles. The maximum atomic E-state index is 11.7. The van der Waals surface area contributed by atoms with E-state index in [1.807, 2.05) is 38.1 Å². The molecule has 0 aliphatic rings. The van der Waals surface area contributed by atoms with Crippen molar-refractivity contribution < 1.29 is 14.3 Å². The van der Waals surface area contributed by atoms with Crippen molar-refractivity contribution in [2.45, 2.75) is 40.2 Å². The first-order valence-corrected chi connectivity index (χ1v) is 8.27. The summed E-state index contributed by atoms with van der Waals surface area (Å²) in [6.45, 7) is 6.32. The van der Waals surface area contributed by atoms with Crippen LogP contribution in [0.1, 0.15) is 37.0 Å². The maximum absolute atomic E-state index is 11.7. The monoisotopic (exact) mass is 327 g/mol. The number of hydrogen-bond acceptors (Lipinski definition) is 3. The molecule has 0 bridgehead atoms. The molecule has 0 atom stereocenters. The SMILES string of the molecule is CCC(=O)Nc1cccc(OC)c1COc1ccc(CC)cc1C. The third-order valence-electron chi connectivity index (χ3n) is 3.97. The second kappa shape index (κ2) is 8.39. The van der Waals surface area contributed by atoms with Crippen molar-refractivity contribution >= 4 is 11.6 Å². The van der Waals surface area contributed by atoms with Crippen molar-refractivity contribution in [2.24, 2.45) is 0 Å². The molecule has 0 fully saturated rings. The summed E-state index contributed by atoms with van der Waals surface area (Å²) in [7, 11) is 1.62. The number of methoxy groups -OCH3 is 1. The largest absolute Gasteiger partial charge is 0.496 e. The highest BCUT2D eigenvalue weighted by Crippen LogP contribution is 2.29. The number of carbonyl (C=O) groups excluding carboxylic acids is 1. The van der Waals surface area contributed by atoms with Gasteiger partial charge in [0.15, 0.2) is 0 Å². The lowest BCUT2D eigenvalue weighted by atomic mass is 10.1. The Morgan fingerprint density at radius 3 is 2.54 bits per heavy atom. The Morgan fingerprint density at radius 2 is 1.92 bits per heavy atom. The third kappa shape index (κ3) is 4.28. The summed E-state index contributed by atoms with van der Waals surface area (Å²) in [4.78, 5) is 11.7. The van der Waals surface area contributed by atoms with E-state index in [1.54, 1.807) is 7.11 Å². The third-order valence-corrected chi connectivity index (χ3v) is 3.97. The van der Waals surface area contributed by atoms with E-state index in [1.165, 1.54) is 5.56 Å². The lowest BCUT2D eigenvalue weighted by Crippen LogP contribution is -2.13. The van der Waals surface area contributed by atoms with Crippen LogP contribution in [0.5, 0.6) is 11.5 Å². The standard InChI is InChI=1S/C20H25NO3/c1-5-15-10-11-18(14(3)12-15)24-13-16-17(21-20(22)6-2)8-7-9-19(16)23-4/h7-12H,5-6,13H2,1-4H3,(H,21,22). The summed E-state index contributed by atoms with van der Waals surface area (Å²) in [5, 5.41) is 2.91. The number of aryl methyl sites for hydroxylation is 2. The van der Waals surface area contributed by atoms with Crippen LogP contribution in [-0.2, 0) is 17.8 Å². The van der Waals surface area contributed by atoms with Crippen LogP contribution in [0.15, 0.2) is 36.4 Å². The van der Waals surface area contributed by atoms with E-state index in [0.29, 0.717) is 18.8 Å². The van der Waals surface area contributed by atoms with Gasteiger partial charge in [0.2, 0.25) is 5.91 Å². The van der Waals surface area contributed by atoms with Gasteiger partial charge < -0.3 is 14.8 Å². The Bertz CT molecular complexity index is 710. The molecule has 0 unspecified atom stereocenters. The van der Waals surface area contributed by atoms with E-state index in [4.69, 9.17) is 9.47 Å². The van der Waals surface area contributed by atoms with Gasteiger partial charge in [-0.3, -0.25) is 4.79 Å². The van der Waals surface area contributed by atoms with Crippen molar-refractivity contribution in [2.75, 3.05) is 12.4 Å². The van der Waals surface area contributed by atoms with Gasteiger partial charge in [0.1, 0.15) is 18.1 Å². The molecule has 0 saturated heterocycles. The van der Waals surface area contributed by atoms with Gasteiger partial charge in [0.05, 0.1) is 18.4 Å². The minimum Gasteiger partial charge on any atom is -0.496 e. The van der Waals surface area contributed by atoms with Crippen LogP contribution in [-0.4, -0.2) is 13.0 Å². The van der Waals surface area contributed by atoms with Crippen LogP contribution in [0.25, 0.3) is 0 Å². The van der Waals surface area contributed by atoms with Crippen LogP contribution in [0.4, 0.5) is 5.69 Å². The molecule has 0 aromatic heterocycles. The van der Waals surface area contributed by atoms with E-state index in [0.717, 1.165) is 29.0 Å². The summed E-state index contributed by atoms with van der Waals surface area (Å²) in [5.41, 5.74) is 3.95. The van der Waals surface area contributed by atoms with Crippen molar-refractivity contribution in [3.05, 3.63) is 53.1 Å². The van der Waals surface area contributed by atoms with E-state index in [-0.39, 0.29) is 5.91 Å². The molecule has 2 aromatic rings. The summed E-state index contributed by atoms with van der Waals surface area (Å²) in [6.07, 6.45) is 1.43. The Balaban J connectivity index is 2.23. The van der Waals surface area contributed by atoms with Crippen LogP contribution in [0.3, 0.4) is 0 Å². The maximum Gasteiger partial charge on any atom is 0.224 e. The molecular weight excluding hydrogens is 302 g/mol. The van der Waals surface area contributed by atoms with Gasteiger partial charge in [-0.05, 0) is 42.7 Å². The molecule has 0 spiro atoms. The number of carbonyl (C=O) groups is 1. The quantitative estimate of drug-likeness (QED) is 0.815. The molecule has 2 aromatic carbocycles. The molecular formula is C20H25NO3. The number of ether oxygens (including phenoxy) is 2. The molecule has 1 amide bonds. The molecule has 0 saturated carbocycles. The zero-order valence-electron chi connectivity index (χ0n) is 14.8. The van der Waals surface area contributed by atoms with Crippen molar-refractivity contribution in [1.29, 1.82) is 0 Å². The highest BCUT2D eigenvalue weighted by Gasteiger charge is 2.12. The van der Waals surface area contributed by atoms with Gasteiger partial charge in [-0.15, -0.1) is 0 Å². The lowest BCUT2D eigenvalue weighted by molar-refractivity contribution is -0.115. The molecule has 0 radical (unpaired) electrons. The lowest BCUT2D eigenvalue weighted by Gasteiger charge is -2.16. The summed E-state index contributed by atoms with van der Waals surface area (Å²) < 4.78 is 11.4.